The fraction of sp³-hybridized carbons (Fsp3) is 0.333. The van der Waals surface area contributed by atoms with Crippen molar-refractivity contribution in [2.75, 3.05) is 13.4 Å². The summed E-state index contributed by atoms with van der Waals surface area (Å²) in [6, 6.07) is 5.10. The lowest BCUT2D eigenvalue weighted by Crippen LogP contribution is -2.07. The van der Waals surface area contributed by atoms with Crippen LogP contribution in [0.15, 0.2) is 17.7 Å². The van der Waals surface area contributed by atoms with Crippen molar-refractivity contribution in [3.8, 4) is 17.6 Å². The van der Waals surface area contributed by atoms with E-state index in [0.29, 0.717) is 28.7 Å². The van der Waals surface area contributed by atoms with E-state index in [9.17, 15) is 4.79 Å². The Kier molecular flexibility index (Phi) is 5.07. The number of rotatable bonds is 5. The maximum atomic E-state index is 11.8. The van der Waals surface area contributed by atoms with Crippen LogP contribution in [0.3, 0.4) is 0 Å². The summed E-state index contributed by atoms with van der Waals surface area (Å²) in [5.74, 6) is 0.322. The average Bonchev–Trinajstić information content (AvgIpc) is 2.93. The number of halogens is 1. The Bertz CT molecular complexity index is 619. The predicted octanol–water partition coefficient (Wildman–Crippen LogP) is 3.32. The van der Waals surface area contributed by atoms with E-state index in [-0.39, 0.29) is 12.4 Å². The van der Waals surface area contributed by atoms with Gasteiger partial charge in [0.1, 0.15) is 11.6 Å². The van der Waals surface area contributed by atoms with E-state index >= 15 is 0 Å². The first-order chi connectivity index (χ1) is 10.2. The molecule has 0 saturated heterocycles. The highest BCUT2D eigenvalue weighted by Gasteiger charge is 2.18. The van der Waals surface area contributed by atoms with Gasteiger partial charge < -0.3 is 14.2 Å². The first-order valence-electron chi connectivity index (χ1n) is 6.53. The SMILES string of the molecule is CCCCOC(=O)/C(C#N)=C/c1cc(Cl)c2c(c1)OCO2. The van der Waals surface area contributed by atoms with E-state index in [0.717, 1.165) is 12.8 Å². The van der Waals surface area contributed by atoms with Gasteiger partial charge in [0.05, 0.1) is 11.6 Å². The highest BCUT2D eigenvalue weighted by Crippen LogP contribution is 2.40. The number of nitrogens with zero attached hydrogens (tertiary/aromatic N) is 1. The number of carbonyl (C=O) groups excluding carboxylic acids is 1. The second kappa shape index (κ2) is 7.00. The molecule has 1 aromatic carbocycles. The molecule has 2 rings (SSSR count). The molecule has 0 bridgehead atoms. The number of carbonyl (C=O) groups is 1. The Balaban J connectivity index is 2.19. The molecule has 6 heteroatoms. The molecule has 1 aliphatic heterocycles. The van der Waals surface area contributed by atoms with Crippen molar-refractivity contribution in [2.45, 2.75) is 19.8 Å². The molecular weight excluding hydrogens is 294 g/mol. The van der Waals surface area contributed by atoms with Gasteiger partial charge >= 0.3 is 5.97 Å². The Morgan fingerprint density at radius 1 is 1.52 bits per heavy atom. The zero-order chi connectivity index (χ0) is 15.2. The van der Waals surface area contributed by atoms with Gasteiger partial charge in [-0.15, -0.1) is 0 Å². The van der Waals surface area contributed by atoms with Gasteiger partial charge in [0.15, 0.2) is 11.5 Å². The molecule has 0 unspecified atom stereocenters. The molecule has 0 spiro atoms. The summed E-state index contributed by atoms with van der Waals surface area (Å²) in [6.45, 7) is 2.39. The maximum Gasteiger partial charge on any atom is 0.348 e. The molecule has 0 saturated carbocycles. The summed E-state index contributed by atoms with van der Waals surface area (Å²) >= 11 is 6.05. The van der Waals surface area contributed by atoms with Gasteiger partial charge in [-0.05, 0) is 30.2 Å². The van der Waals surface area contributed by atoms with E-state index in [4.69, 9.17) is 31.1 Å². The zero-order valence-corrected chi connectivity index (χ0v) is 12.3. The standard InChI is InChI=1S/C15H14ClNO4/c1-2-3-4-19-15(18)11(8-17)5-10-6-12(16)14-13(7-10)20-9-21-14/h5-7H,2-4,9H2,1H3/b11-5+. The number of hydrogen-bond acceptors (Lipinski definition) is 5. The topological polar surface area (TPSA) is 68.6 Å². The molecule has 110 valence electrons. The molecule has 0 radical (unpaired) electrons. The van der Waals surface area contributed by atoms with Crippen LogP contribution in [0.4, 0.5) is 0 Å². The minimum atomic E-state index is -0.639. The van der Waals surface area contributed by atoms with Crippen LogP contribution in [0.1, 0.15) is 25.3 Å². The lowest BCUT2D eigenvalue weighted by Gasteiger charge is -2.04. The number of fused-ring (bicyclic) bond motifs is 1. The van der Waals surface area contributed by atoms with E-state index < -0.39 is 5.97 Å². The van der Waals surface area contributed by atoms with Crippen molar-refractivity contribution in [1.29, 1.82) is 5.26 Å². The molecule has 1 aromatic rings. The number of esters is 1. The number of benzene rings is 1. The molecule has 0 atom stereocenters. The lowest BCUT2D eigenvalue weighted by molar-refractivity contribution is -0.138. The van der Waals surface area contributed by atoms with Crippen molar-refractivity contribution in [2.24, 2.45) is 0 Å². The summed E-state index contributed by atoms with van der Waals surface area (Å²) in [5.41, 5.74) is 0.495. The summed E-state index contributed by atoms with van der Waals surface area (Å²) in [4.78, 5) is 11.8. The first-order valence-corrected chi connectivity index (χ1v) is 6.91. The summed E-state index contributed by atoms with van der Waals surface area (Å²) in [7, 11) is 0. The Morgan fingerprint density at radius 3 is 3.05 bits per heavy atom. The number of unbranched alkanes of at least 4 members (excludes halogenated alkanes) is 1. The van der Waals surface area contributed by atoms with Gasteiger partial charge in [-0.1, -0.05) is 24.9 Å². The van der Waals surface area contributed by atoms with Crippen LogP contribution in [-0.2, 0) is 9.53 Å². The molecule has 5 nitrogen and oxygen atoms in total. The van der Waals surface area contributed by atoms with E-state index in [1.807, 2.05) is 13.0 Å². The van der Waals surface area contributed by atoms with E-state index in [2.05, 4.69) is 0 Å². The second-order valence-corrected chi connectivity index (χ2v) is 4.80. The maximum absolute atomic E-state index is 11.8. The highest BCUT2D eigenvalue weighted by molar-refractivity contribution is 6.32. The van der Waals surface area contributed by atoms with Crippen molar-refractivity contribution < 1.29 is 19.0 Å². The average molecular weight is 308 g/mol. The van der Waals surface area contributed by atoms with E-state index in [1.54, 1.807) is 12.1 Å². The van der Waals surface area contributed by atoms with Crippen LogP contribution < -0.4 is 9.47 Å². The third-order valence-corrected chi connectivity index (χ3v) is 3.11. The molecule has 21 heavy (non-hydrogen) atoms. The molecule has 0 fully saturated rings. The van der Waals surface area contributed by atoms with E-state index in [1.165, 1.54) is 6.08 Å². The van der Waals surface area contributed by atoms with Crippen molar-refractivity contribution >= 4 is 23.6 Å². The molecule has 1 aliphatic rings. The van der Waals surface area contributed by atoms with Gasteiger partial charge in [-0.25, -0.2) is 4.79 Å². The second-order valence-electron chi connectivity index (χ2n) is 4.40. The minimum absolute atomic E-state index is 0.0824. The van der Waals surface area contributed by atoms with Crippen LogP contribution in [0, 0.1) is 11.3 Å². The first kappa shape index (κ1) is 15.2. The molecule has 0 N–H and O–H groups in total. The van der Waals surface area contributed by atoms with Gasteiger partial charge in [0.2, 0.25) is 6.79 Å². The largest absolute Gasteiger partial charge is 0.462 e. The molecule has 0 aliphatic carbocycles. The lowest BCUT2D eigenvalue weighted by atomic mass is 10.1. The molecule has 0 aromatic heterocycles. The highest BCUT2D eigenvalue weighted by atomic mass is 35.5. The van der Waals surface area contributed by atoms with Gasteiger partial charge in [-0.3, -0.25) is 0 Å². The smallest absolute Gasteiger partial charge is 0.348 e. The van der Waals surface area contributed by atoms with Crippen molar-refractivity contribution in [3.63, 3.8) is 0 Å². The van der Waals surface area contributed by atoms with Crippen LogP contribution in [0.25, 0.3) is 6.08 Å². The normalized spacial score (nSPS) is 12.9. The number of nitriles is 1. The van der Waals surface area contributed by atoms with Crippen molar-refractivity contribution in [1.82, 2.24) is 0 Å². The number of hydrogen-bond donors (Lipinski definition) is 0. The fourth-order valence-electron chi connectivity index (χ4n) is 1.76. The Morgan fingerprint density at radius 2 is 2.33 bits per heavy atom. The van der Waals surface area contributed by atoms with Crippen LogP contribution in [-0.4, -0.2) is 19.4 Å². The van der Waals surface area contributed by atoms with Crippen LogP contribution in [0.5, 0.6) is 11.5 Å². The van der Waals surface area contributed by atoms with Crippen LogP contribution in [0.2, 0.25) is 5.02 Å². The monoisotopic (exact) mass is 307 g/mol. The fourth-order valence-corrected chi connectivity index (χ4v) is 2.03. The van der Waals surface area contributed by atoms with Gasteiger partial charge in [0, 0.05) is 0 Å². The molecular formula is C15H14ClNO4. The zero-order valence-electron chi connectivity index (χ0n) is 11.5. The third kappa shape index (κ3) is 3.67. The molecule has 1 heterocycles. The quantitative estimate of drug-likeness (QED) is 0.361. The van der Waals surface area contributed by atoms with Crippen molar-refractivity contribution in [3.05, 3.63) is 28.3 Å². The Hall–Kier alpha value is -2.19. The van der Waals surface area contributed by atoms with Gasteiger partial charge in [-0.2, -0.15) is 5.26 Å². The molecule has 0 amide bonds. The Labute approximate surface area is 127 Å². The summed E-state index contributed by atoms with van der Waals surface area (Å²) < 4.78 is 15.4. The number of ether oxygens (including phenoxy) is 3. The minimum Gasteiger partial charge on any atom is -0.462 e. The summed E-state index contributed by atoms with van der Waals surface area (Å²) in [6.07, 6.45) is 3.10. The summed E-state index contributed by atoms with van der Waals surface area (Å²) in [5, 5.41) is 9.44. The van der Waals surface area contributed by atoms with Crippen LogP contribution >= 0.6 is 11.6 Å². The van der Waals surface area contributed by atoms with Gasteiger partial charge in [0.25, 0.3) is 0 Å². The third-order valence-electron chi connectivity index (χ3n) is 2.83. The predicted molar refractivity (Wildman–Crippen MR) is 77.0 cm³/mol.